The number of anilines is 1. The van der Waals surface area contributed by atoms with Gasteiger partial charge in [-0.05, 0) is 50.7 Å². The van der Waals surface area contributed by atoms with Crippen LogP contribution >= 0.6 is 38.5 Å². The van der Waals surface area contributed by atoms with Crippen molar-refractivity contribution < 1.29 is 9.90 Å². The molecule has 1 aromatic carbocycles. The molecule has 0 fully saturated rings. The number of carboxylic acids is 1. The van der Waals surface area contributed by atoms with Crippen LogP contribution in [0, 0.1) is 3.57 Å². The third-order valence-electron chi connectivity index (χ3n) is 1.36. The normalized spacial score (nSPS) is 9.83. The van der Waals surface area contributed by atoms with Gasteiger partial charge in [0.1, 0.15) is 0 Å². The minimum absolute atomic E-state index is 0.188. The zero-order chi connectivity index (χ0) is 9.30. The summed E-state index contributed by atoms with van der Waals surface area (Å²) in [6.07, 6.45) is 0. The summed E-state index contributed by atoms with van der Waals surface area (Å²) in [6.45, 7) is 0. The van der Waals surface area contributed by atoms with Gasteiger partial charge in [-0.1, -0.05) is 0 Å². The summed E-state index contributed by atoms with van der Waals surface area (Å²) in [5.41, 5.74) is 6.26. The molecular formula is C7H5BrINO2. The minimum Gasteiger partial charge on any atom is -0.478 e. The Morgan fingerprint density at radius 1 is 1.58 bits per heavy atom. The second-order valence-electron chi connectivity index (χ2n) is 2.13. The third-order valence-corrected chi connectivity index (χ3v) is 3.15. The molecule has 1 rings (SSSR count). The molecule has 0 heterocycles. The van der Waals surface area contributed by atoms with Gasteiger partial charge >= 0.3 is 5.97 Å². The molecule has 12 heavy (non-hydrogen) atoms. The number of aromatic carboxylic acids is 1. The molecule has 0 atom stereocenters. The van der Waals surface area contributed by atoms with E-state index in [4.69, 9.17) is 10.8 Å². The molecule has 0 saturated heterocycles. The first-order valence-electron chi connectivity index (χ1n) is 3.01. The van der Waals surface area contributed by atoms with E-state index in [2.05, 4.69) is 15.9 Å². The highest BCUT2D eigenvalue weighted by molar-refractivity contribution is 14.1. The number of nitrogen functional groups attached to an aromatic ring is 1. The first-order chi connectivity index (χ1) is 5.54. The number of benzene rings is 1. The van der Waals surface area contributed by atoms with E-state index in [1.54, 1.807) is 6.07 Å². The molecule has 0 saturated carbocycles. The lowest BCUT2D eigenvalue weighted by molar-refractivity contribution is 0.0696. The number of hydrogen-bond donors (Lipinski definition) is 2. The van der Waals surface area contributed by atoms with Crippen LogP contribution in [-0.2, 0) is 0 Å². The molecule has 0 spiro atoms. The lowest BCUT2D eigenvalue weighted by atomic mass is 10.2. The zero-order valence-electron chi connectivity index (χ0n) is 5.84. The van der Waals surface area contributed by atoms with E-state index in [1.807, 2.05) is 22.6 Å². The van der Waals surface area contributed by atoms with E-state index in [0.29, 0.717) is 10.2 Å². The van der Waals surface area contributed by atoms with Crippen LogP contribution in [0.1, 0.15) is 10.4 Å². The van der Waals surface area contributed by atoms with E-state index in [0.717, 1.165) is 3.57 Å². The lowest BCUT2D eigenvalue weighted by Gasteiger charge is -2.03. The highest BCUT2D eigenvalue weighted by Gasteiger charge is 2.11. The van der Waals surface area contributed by atoms with Gasteiger partial charge in [-0.25, -0.2) is 4.79 Å². The van der Waals surface area contributed by atoms with Crippen molar-refractivity contribution in [2.24, 2.45) is 0 Å². The third kappa shape index (κ3) is 1.71. The molecule has 3 nitrogen and oxygen atoms in total. The van der Waals surface area contributed by atoms with Gasteiger partial charge in [-0.15, -0.1) is 0 Å². The van der Waals surface area contributed by atoms with Crippen molar-refractivity contribution in [2.45, 2.75) is 0 Å². The summed E-state index contributed by atoms with van der Waals surface area (Å²) in [5.74, 6) is -0.982. The van der Waals surface area contributed by atoms with Crippen LogP contribution in [0.5, 0.6) is 0 Å². The summed E-state index contributed by atoms with van der Waals surface area (Å²) in [5, 5.41) is 8.69. The van der Waals surface area contributed by atoms with Gasteiger partial charge in [-0.2, -0.15) is 0 Å². The fraction of sp³-hybridized carbons (Fsp3) is 0. The predicted molar refractivity (Wildman–Crippen MR) is 58.2 cm³/mol. The Hall–Kier alpha value is -0.300. The Bertz CT molecular complexity index is 340. The molecule has 5 heteroatoms. The van der Waals surface area contributed by atoms with Crippen LogP contribution in [0.4, 0.5) is 5.69 Å². The number of nitrogens with two attached hydrogens (primary N) is 1. The zero-order valence-corrected chi connectivity index (χ0v) is 9.59. The van der Waals surface area contributed by atoms with Gasteiger partial charge in [-0.3, -0.25) is 0 Å². The van der Waals surface area contributed by atoms with Crippen molar-refractivity contribution in [1.82, 2.24) is 0 Å². The van der Waals surface area contributed by atoms with Crippen molar-refractivity contribution >= 4 is 50.2 Å². The van der Waals surface area contributed by atoms with Crippen LogP contribution in [0.2, 0.25) is 0 Å². The van der Waals surface area contributed by atoms with Gasteiger partial charge in [0, 0.05) is 3.57 Å². The average molecular weight is 342 g/mol. The second-order valence-corrected chi connectivity index (χ2v) is 4.08. The molecule has 0 unspecified atom stereocenters. The molecule has 0 amide bonds. The van der Waals surface area contributed by atoms with Crippen LogP contribution in [0.3, 0.4) is 0 Å². The van der Waals surface area contributed by atoms with Crippen molar-refractivity contribution in [3.63, 3.8) is 0 Å². The predicted octanol–water partition coefficient (Wildman–Crippen LogP) is 2.33. The van der Waals surface area contributed by atoms with Crippen LogP contribution in [0.15, 0.2) is 16.6 Å². The van der Waals surface area contributed by atoms with Gasteiger partial charge < -0.3 is 10.8 Å². The van der Waals surface area contributed by atoms with E-state index >= 15 is 0 Å². The van der Waals surface area contributed by atoms with Crippen molar-refractivity contribution in [1.29, 1.82) is 0 Å². The molecule has 3 N–H and O–H groups in total. The Morgan fingerprint density at radius 3 is 2.67 bits per heavy atom. The van der Waals surface area contributed by atoms with E-state index in [1.165, 1.54) is 6.07 Å². The maximum absolute atomic E-state index is 10.6. The molecule has 0 radical (unpaired) electrons. The Morgan fingerprint density at radius 2 is 2.17 bits per heavy atom. The number of halogens is 2. The molecular weight excluding hydrogens is 337 g/mol. The Labute approximate surface area is 91.2 Å². The molecule has 64 valence electrons. The summed E-state index contributed by atoms with van der Waals surface area (Å²) in [6, 6.07) is 3.19. The maximum atomic E-state index is 10.6. The molecule has 0 aliphatic heterocycles. The fourth-order valence-corrected chi connectivity index (χ4v) is 2.07. The van der Waals surface area contributed by atoms with Gasteiger partial charge in [0.15, 0.2) is 0 Å². The van der Waals surface area contributed by atoms with E-state index < -0.39 is 5.97 Å². The van der Waals surface area contributed by atoms with Crippen LogP contribution in [-0.4, -0.2) is 11.1 Å². The largest absolute Gasteiger partial charge is 0.478 e. The number of carboxylic acid groups (broad SMARTS) is 1. The standard InChI is InChI=1S/C7H5BrINO2/c8-5-3(7(11)12)1-2-4(9)6(5)10/h1-2H,10H2,(H,11,12). The van der Waals surface area contributed by atoms with E-state index in [9.17, 15) is 4.79 Å². The first kappa shape index (κ1) is 9.79. The number of hydrogen-bond acceptors (Lipinski definition) is 2. The van der Waals surface area contributed by atoms with Crippen molar-refractivity contribution in [3.8, 4) is 0 Å². The Balaban J connectivity index is 3.36. The SMILES string of the molecule is Nc1c(I)ccc(C(=O)O)c1Br. The second kappa shape index (κ2) is 3.61. The highest BCUT2D eigenvalue weighted by atomic mass is 127. The van der Waals surface area contributed by atoms with E-state index in [-0.39, 0.29) is 5.56 Å². The molecule has 0 bridgehead atoms. The highest BCUT2D eigenvalue weighted by Crippen LogP contribution is 2.28. The summed E-state index contributed by atoms with van der Waals surface area (Å²) in [4.78, 5) is 10.6. The monoisotopic (exact) mass is 341 g/mol. The fourth-order valence-electron chi connectivity index (χ4n) is 0.735. The summed E-state index contributed by atoms with van der Waals surface area (Å²) >= 11 is 5.16. The molecule has 0 aromatic heterocycles. The maximum Gasteiger partial charge on any atom is 0.336 e. The van der Waals surface area contributed by atoms with Crippen LogP contribution in [0.25, 0.3) is 0 Å². The molecule has 0 aliphatic carbocycles. The quantitative estimate of drug-likeness (QED) is 0.608. The topological polar surface area (TPSA) is 63.3 Å². The minimum atomic E-state index is -0.982. The van der Waals surface area contributed by atoms with Gasteiger partial charge in [0.25, 0.3) is 0 Å². The number of rotatable bonds is 1. The summed E-state index contributed by atoms with van der Waals surface area (Å²) < 4.78 is 1.28. The van der Waals surface area contributed by atoms with Crippen LogP contribution < -0.4 is 5.73 Å². The average Bonchev–Trinajstić information content (AvgIpc) is 2.00. The van der Waals surface area contributed by atoms with Gasteiger partial charge in [0.05, 0.1) is 15.7 Å². The molecule has 1 aromatic rings. The number of carbonyl (C=O) groups is 1. The van der Waals surface area contributed by atoms with Crippen molar-refractivity contribution in [2.75, 3.05) is 5.73 Å². The lowest BCUT2D eigenvalue weighted by Crippen LogP contribution is -2.01. The Kier molecular flexibility index (Phi) is 2.94. The smallest absolute Gasteiger partial charge is 0.336 e. The van der Waals surface area contributed by atoms with Crippen molar-refractivity contribution in [3.05, 3.63) is 25.7 Å². The summed E-state index contributed by atoms with van der Waals surface area (Å²) in [7, 11) is 0. The molecule has 0 aliphatic rings. The first-order valence-corrected chi connectivity index (χ1v) is 4.88. The van der Waals surface area contributed by atoms with Gasteiger partial charge in [0.2, 0.25) is 0 Å².